The van der Waals surface area contributed by atoms with Gasteiger partial charge in [-0.2, -0.15) is 0 Å². The molecular formula is C5H19NO19P6. The molecule has 0 heterocycles. The Bertz CT molecular complexity index is 809. The second kappa shape index (κ2) is 9.82. The minimum atomic E-state index is -6.50. The van der Waals surface area contributed by atoms with Crippen LogP contribution in [0.5, 0.6) is 0 Å². The first-order valence-electron chi connectivity index (χ1n) is 6.88. The summed E-state index contributed by atoms with van der Waals surface area (Å²) in [6.45, 7) is -2.17. The summed E-state index contributed by atoms with van der Waals surface area (Å²) in [7, 11) is -38.6. The average Bonchev–Trinajstić information content (AvgIpc) is 2.34. The third-order valence-electron chi connectivity index (χ3n) is 3.34. The standard InChI is InChI=1S/C5H19NO19P6/c7-1-2(3(26(8,9)10)27(11,12)13)6(4(28(14,15)16)29(17,18)19)5(30(20,21)22)31(23,24)25/h2-5,7H,1H2,(H2,8,9,10)(H2,11,12,13)(H2,14,15,16)(H2,17,18,19)(H2,20,21,22)(H2,23,24,25). The zero-order valence-electron chi connectivity index (χ0n) is 14.4. The molecule has 0 radical (unpaired) electrons. The molecule has 0 rings (SSSR count). The van der Waals surface area contributed by atoms with Crippen LogP contribution in [0.25, 0.3) is 0 Å². The summed E-state index contributed by atoms with van der Waals surface area (Å²) in [4.78, 5) is 110. The van der Waals surface area contributed by atoms with Crippen molar-refractivity contribution in [2.75, 3.05) is 6.61 Å². The lowest BCUT2D eigenvalue weighted by Gasteiger charge is -2.44. The SMILES string of the molecule is O=P(O)(O)C(C(CO)N(C(P(=O)(O)O)P(=O)(O)O)C(P(=O)(O)O)P(=O)(O)O)P(=O)(O)O. The third kappa shape index (κ3) is 8.52. The predicted octanol–water partition coefficient (Wildman–Crippen LogP) is -3.39. The van der Waals surface area contributed by atoms with E-state index >= 15 is 0 Å². The van der Waals surface area contributed by atoms with Gasteiger partial charge in [-0.15, -0.1) is 0 Å². The number of hydrogen-bond acceptors (Lipinski definition) is 8. The molecule has 0 aromatic heterocycles. The number of aliphatic hydroxyl groups is 1. The van der Waals surface area contributed by atoms with E-state index in [4.69, 9.17) is 0 Å². The number of nitrogens with zero attached hydrogens (tertiary/aromatic N) is 1. The van der Waals surface area contributed by atoms with E-state index in [2.05, 4.69) is 0 Å². The second-order valence-corrected chi connectivity index (χ2v) is 17.2. The molecule has 0 amide bonds. The van der Waals surface area contributed by atoms with Gasteiger partial charge >= 0.3 is 45.6 Å². The molecule has 0 aliphatic carbocycles. The van der Waals surface area contributed by atoms with Crippen molar-refractivity contribution in [1.29, 1.82) is 0 Å². The summed E-state index contributed by atoms with van der Waals surface area (Å²) in [5.74, 6) is 0. The van der Waals surface area contributed by atoms with Crippen molar-refractivity contribution in [3.8, 4) is 0 Å². The Kier molecular flexibility index (Phi) is 10.1. The van der Waals surface area contributed by atoms with Gasteiger partial charge in [-0.05, 0) is 0 Å². The Labute approximate surface area is 171 Å². The Morgan fingerprint density at radius 2 is 0.710 bits per heavy atom. The Hall–Kier alpha value is 0.820. The normalized spacial score (nSPS) is 16.5. The quantitative estimate of drug-likeness (QED) is 0.105. The van der Waals surface area contributed by atoms with Crippen LogP contribution in [0.3, 0.4) is 0 Å². The van der Waals surface area contributed by atoms with Gasteiger partial charge in [0.25, 0.3) is 0 Å². The zero-order chi connectivity index (χ0) is 25.6. The van der Waals surface area contributed by atoms with E-state index in [-0.39, 0.29) is 0 Å². The summed E-state index contributed by atoms with van der Waals surface area (Å²) in [6, 6.07) is -3.42. The molecule has 0 spiro atoms. The lowest BCUT2D eigenvalue weighted by Crippen LogP contribution is -2.55. The summed E-state index contributed by atoms with van der Waals surface area (Å²) in [6.07, 6.45) is 0. The summed E-state index contributed by atoms with van der Waals surface area (Å²) >= 11 is 0. The molecule has 0 saturated carbocycles. The van der Waals surface area contributed by atoms with Crippen LogP contribution >= 0.6 is 45.6 Å². The molecule has 0 aliphatic heterocycles. The molecule has 26 heteroatoms. The second-order valence-electron chi connectivity index (χ2n) is 5.84. The van der Waals surface area contributed by atoms with E-state index in [1.54, 1.807) is 0 Å². The number of rotatable bonds is 11. The summed E-state index contributed by atoms with van der Waals surface area (Å²) in [5.41, 5.74) is -8.05. The number of aliphatic hydroxyl groups excluding tert-OH is 1. The van der Waals surface area contributed by atoms with Gasteiger partial charge in [0.1, 0.15) is 0 Å². The van der Waals surface area contributed by atoms with E-state index in [0.29, 0.717) is 0 Å². The predicted molar refractivity (Wildman–Crippen MR) is 96.3 cm³/mol. The van der Waals surface area contributed by atoms with Crippen LogP contribution in [0.4, 0.5) is 0 Å². The number of hydrogen-bond donors (Lipinski definition) is 13. The van der Waals surface area contributed by atoms with E-state index in [1.165, 1.54) is 0 Å². The molecule has 31 heavy (non-hydrogen) atoms. The van der Waals surface area contributed by atoms with Gasteiger partial charge < -0.3 is 63.8 Å². The van der Waals surface area contributed by atoms with E-state index in [1.807, 2.05) is 0 Å². The maximum atomic E-state index is 11.7. The fourth-order valence-corrected chi connectivity index (χ4v) is 11.7. The van der Waals surface area contributed by atoms with Crippen molar-refractivity contribution < 1.29 is 91.2 Å². The van der Waals surface area contributed by atoms with Crippen molar-refractivity contribution in [2.24, 2.45) is 0 Å². The first-order chi connectivity index (χ1) is 13.2. The van der Waals surface area contributed by atoms with Gasteiger partial charge in [0.15, 0.2) is 5.40 Å². The fraction of sp³-hybridized carbons (Fsp3) is 1.00. The molecule has 20 nitrogen and oxygen atoms in total. The molecule has 188 valence electrons. The lowest BCUT2D eigenvalue weighted by atomic mass is 10.3. The van der Waals surface area contributed by atoms with Crippen LogP contribution in [-0.2, 0) is 27.4 Å². The molecular weight excluding hydrogens is 564 g/mol. The zero-order valence-corrected chi connectivity index (χ0v) is 19.8. The van der Waals surface area contributed by atoms with E-state index < -0.39 is 79.6 Å². The molecule has 0 bridgehead atoms. The van der Waals surface area contributed by atoms with Gasteiger partial charge in [-0.1, -0.05) is 0 Å². The topological polar surface area (TPSA) is 369 Å². The largest absolute Gasteiger partial charge is 0.395 e. The molecule has 0 saturated heterocycles. The highest BCUT2D eigenvalue weighted by molar-refractivity contribution is 7.73. The highest BCUT2D eigenvalue weighted by Gasteiger charge is 2.64. The first-order valence-corrected chi connectivity index (χ1v) is 17.0. The van der Waals surface area contributed by atoms with Crippen molar-refractivity contribution in [1.82, 2.24) is 4.90 Å². The van der Waals surface area contributed by atoms with Gasteiger partial charge in [0.05, 0.1) is 12.6 Å². The van der Waals surface area contributed by atoms with Crippen LogP contribution in [-0.4, -0.2) is 97.8 Å². The summed E-state index contributed by atoms with van der Waals surface area (Å²) in [5, 5.41) is 5.71. The van der Waals surface area contributed by atoms with Crippen LogP contribution in [0.2, 0.25) is 0 Å². The van der Waals surface area contributed by atoms with Crippen LogP contribution in [0.1, 0.15) is 0 Å². The molecule has 0 fully saturated rings. The molecule has 13 N–H and O–H groups in total. The van der Waals surface area contributed by atoms with E-state index in [9.17, 15) is 91.2 Å². The highest BCUT2D eigenvalue weighted by Crippen LogP contribution is 2.71. The molecule has 0 aliphatic rings. The molecule has 0 aromatic rings. The van der Waals surface area contributed by atoms with Gasteiger partial charge in [0, 0.05) is 0 Å². The van der Waals surface area contributed by atoms with Crippen molar-refractivity contribution >= 4 is 45.6 Å². The Morgan fingerprint density at radius 1 is 0.484 bits per heavy atom. The molecule has 1 unspecified atom stereocenters. The van der Waals surface area contributed by atoms with Gasteiger partial charge in [-0.3, -0.25) is 27.4 Å². The first kappa shape index (κ1) is 31.8. The van der Waals surface area contributed by atoms with Crippen LogP contribution in [0.15, 0.2) is 0 Å². The Morgan fingerprint density at radius 3 is 0.839 bits per heavy atom. The average molecular weight is 583 g/mol. The summed E-state index contributed by atoms with van der Waals surface area (Å²) < 4.78 is 70.1. The minimum Gasteiger partial charge on any atom is -0.395 e. The van der Waals surface area contributed by atoms with Crippen LogP contribution < -0.4 is 0 Å². The fourth-order valence-electron chi connectivity index (χ4n) is 2.54. The van der Waals surface area contributed by atoms with Crippen LogP contribution in [0, 0.1) is 0 Å². The smallest absolute Gasteiger partial charge is 0.355 e. The lowest BCUT2D eigenvalue weighted by molar-refractivity contribution is 0.102. The minimum absolute atomic E-state index is 1.23. The molecule has 0 aromatic carbocycles. The monoisotopic (exact) mass is 583 g/mol. The third-order valence-corrected chi connectivity index (χ3v) is 14.3. The van der Waals surface area contributed by atoms with Gasteiger partial charge in [0.2, 0.25) is 11.0 Å². The maximum absolute atomic E-state index is 11.7. The molecule has 1 atom stereocenters. The highest BCUT2D eigenvalue weighted by atomic mass is 31.2. The van der Waals surface area contributed by atoms with Crippen molar-refractivity contribution in [2.45, 2.75) is 22.5 Å². The van der Waals surface area contributed by atoms with Gasteiger partial charge in [-0.25, -0.2) is 4.90 Å². The van der Waals surface area contributed by atoms with Crippen molar-refractivity contribution in [3.63, 3.8) is 0 Å². The van der Waals surface area contributed by atoms with E-state index in [0.717, 1.165) is 0 Å². The van der Waals surface area contributed by atoms with Crippen molar-refractivity contribution in [3.05, 3.63) is 0 Å². The maximum Gasteiger partial charge on any atom is 0.355 e. The Balaban J connectivity index is 7.71.